The second-order valence-corrected chi connectivity index (χ2v) is 5.39. The number of hydrogen-bond donors (Lipinski definition) is 3. The number of nitrogens with one attached hydrogen (secondary N) is 2. The highest BCUT2D eigenvalue weighted by molar-refractivity contribution is 6.03. The number of carbonyl (C=O) groups is 3. The van der Waals surface area contributed by atoms with Crippen LogP contribution in [0.4, 0.5) is 4.79 Å². The van der Waals surface area contributed by atoms with E-state index in [0.717, 1.165) is 0 Å². The van der Waals surface area contributed by atoms with Crippen molar-refractivity contribution in [1.29, 1.82) is 0 Å². The van der Waals surface area contributed by atoms with Gasteiger partial charge in [0.1, 0.15) is 11.3 Å². The maximum absolute atomic E-state index is 11.9. The Bertz CT molecular complexity index is 566. The third-order valence-electron chi connectivity index (χ3n) is 2.33. The standard InChI is InChI=1S/C14H19N3O5/c1-14(2,3)22-13(21)17-8-7-16-11(18)10-9(12(19)20)5-4-6-15-10/h4-6H,7-8H2,1-3H3,(H,16,18)(H,17,21)(H,19,20). The lowest BCUT2D eigenvalue weighted by atomic mass is 10.2. The maximum atomic E-state index is 11.9. The lowest BCUT2D eigenvalue weighted by molar-refractivity contribution is 0.0526. The number of carboxylic acids is 1. The van der Waals surface area contributed by atoms with Gasteiger partial charge in [-0.2, -0.15) is 0 Å². The molecular weight excluding hydrogens is 290 g/mol. The summed E-state index contributed by atoms with van der Waals surface area (Å²) < 4.78 is 5.03. The summed E-state index contributed by atoms with van der Waals surface area (Å²) in [7, 11) is 0. The van der Waals surface area contributed by atoms with Crippen LogP contribution in [0.1, 0.15) is 41.6 Å². The van der Waals surface area contributed by atoms with Crippen molar-refractivity contribution in [3.05, 3.63) is 29.6 Å². The van der Waals surface area contributed by atoms with Gasteiger partial charge in [-0.15, -0.1) is 0 Å². The number of alkyl carbamates (subject to hydrolysis) is 1. The molecule has 0 aliphatic carbocycles. The highest BCUT2D eigenvalue weighted by Crippen LogP contribution is 2.06. The molecule has 0 bridgehead atoms. The minimum Gasteiger partial charge on any atom is -0.478 e. The highest BCUT2D eigenvalue weighted by Gasteiger charge is 2.18. The monoisotopic (exact) mass is 309 g/mol. The van der Waals surface area contributed by atoms with E-state index >= 15 is 0 Å². The lowest BCUT2D eigenvalue weighted by Gasteiger charge is -2.19. The van der Waals surface area contributed by atoms with E-state index in [2.05, 4.69) is 15.6 Å². The molecule has 2 amide bonds. The molecule has 0 atom stereocenters. The zero-order valence-electron chi connectivity index (χ0n) is 12.7. The predicted octanol–water partition coefficient (Wildman–Crippen LogP) is 1.03. The van der Waals surface area contributed by atoms with Gasteiger partial charge < -0.3 is 20.5 Å². The zero-order chi connectivity index (χ0) is 16.8. The normalized spacial score (nSPS) is 10.7. The van der Waals surface area contributed by atoms with Crippen LogP contribution in [0.5, 0.6) is 0 Å². The van der Waals surface area contributed by atoms with Crippen LogP contribution in [0.25, 0.3) is 0 Å². The smallest absolute Gasteiger partial charge is 0.407 e. The number of nitrogens with zero attached hydrogens (tertiary/aromatic N) is 1. The number of pyridine rings is 1. The van der Waals surface area contributed by atoms with Crippen molar-refractivity contribution in [2.45, 2.75) is 26.4 Å². The Labute approximate surface area is 127 Å². The summed E-state index contributed by atoms with van der Waals surface area (Å²) in [5, 5.41) is 13.9. The van der Waals surface area contributed by atoms with Crippen LogP contribution in [-0.4, -0.2) is 46.8 Å². The molecule has 8 heteroatoms. The van der Waals surface area contributed by atoms with Crippen molar-refractivity contribution in [3.63, 3.8) is 0 Å². The van der Waals surface area contributed by atoms with E-state index in [9.17, 15) is 14.4 Å². The van der Waals surface area contributed by atoms with E-state index < -0.39 is 23.6 Å². The number of ether oxygens (including phenoxy) is 1. The van der Waals surface area contributed by atoms with Crippen LogP contribution in [0.3, 0.4) is 0 Å². The van der Waals surface area contributed by atoms with Crippen LogP contribution in [0.2, 0.25) is 0 Å². The van der Waals surface area contributed by atoms with Gasteiger partial charge in [-0.1, -0.05) is 0 Å². The average Bonchev–Trinajstić information content (AvgIpc) is 2.41. The molecule has 0 fully saturated rings. The average molecular weight is 309 g/mol. The Morgan fingerprint density at radius 2 is 1.86 bits per heavy atom. The van der Waals surface area contributed by atoms with Crippen LogP contribution >= 0.6 is 0 Å². The molecule has 1 aromatic rings. The summed E-state index contributed by atoms with van der Waals surface area (Å²) in [6.45, 7) is 5.48. The number of carbonyl (C=O) groups excluding carboxylic acids is 2. The van der Waals surface area contributed by atoms with Gasteiger partial charge in [-0.3, -0.25) is 9.78 Å². The number of hydrogen-bond acceptors (Lipinski definition) is 5. The van der Waals surface area contributed by atoms with Crippen LogP contribution < -0.4 is 10.6 Å². The van der Waals surface area contributed by atoms with Crippen molar-refractivity contribution < 1.29 is 24.2 Å². The SMILES string of the molecule is CC(C)(C)OC(=O)NCCNC(=O)c1ncccc1C(=O)O. The van der Waals surface area contributed by atoms with Gasteiger partial charge in [0, 0.05) is 19.3 Å². The highest BCUT2D eigenvalue weighted by atomic mass is 16.6. The molecule has 0 aromatic carbocycles. The molecule has 0 radical (unpaired) electrons. The molecule has 8 nitrogen and oxygen atoms in total. The summed E-state index contributed by atoms with van der Waals surface area (Å²) >= 11 is 0. The molecule has 1 rings (SSSR count). The fourth-order valence-electron chi connectivity index (χ4n) is 1.50. The third-order valence-corrected chi connectivity index (χ3v) is 2.33. The molecule has 0 aliphatic rings. The Morgan fingerprint density at radius 1 is 1.23 bits per heavy atom. The molecule has 1 aromatic heterocycles. The first kappa shape index (κ1) is 17.4. The molecule has 1 heterocycles. The first-order valence-electron chi connectivity index (χ1n) is 6.64. The first-order chi connectivity index (χ1) is 10.2. The second-order valence-electron chi connectivity index (χ2n) is 5.39. The van der Waals surface area contributed by atoms with Crippen LogP contribution in [-0.2, 0) is 4.74 Å². The zero-order valence-corrected chi connectivity index (χ0v) is 12.7. The largest absolute Gasteiger partial charge is 0.478 e. The summed E-state index contributed by atoms with van der Waals surface area (Å²) in [6, 6.07) is 2.73. The van der Waals surface area contributed by atoms with Crippen LogP contribution in [0, 0.1) is 0 Å². The molecule has 0 aliphatic heterocycles. The van der Waals surface area contributed by atoms with E-state index in [0.29, 0.717) is 0 Å². The van der Waals surface area contributed by atoms with Gasteiger partial charge in [0.05, 0.1) is 5.56 Å². The Hall–Kier alpha value is -2.64. The molecule has 22 heavy (non-hydrogen) atoms. The fourth-order valence-corrected chi connectivity index (χ4v) is 1.50. The molecule has 0 saturated carbocycles. The minimum absolute atomic E-state index is 0.119. The van der Waals surface area contributed by atoms with Gasteiger partial charge in [-0.05, 0) is 32.9 Å². The van der Waals surface area contributed by atoms with Crippen LogP contribution in [0.15, 0.2) is 18.3 Å². The molecule has 0 spiro atoms. The molecule has 0 unspecified atom stereocenters. The van der Waals surface area contributed by atoms with Gasteiger partial charge in [0.25, 0.3) is 5.91 Å². The Balaban J connectivity index is 2.45. The van der Waals surface area contributed by atoms with Gasteiger partial charge in [0.15, 0.2) is 0 Å². The van der Waals surface area contributed by atoms with E-state index in [1.165, 1.54) is 18.3 Å². The Morgan fingerprint density at radius 3 is 2.45 bits per heavy atom. The van der Waals surface area contributed by atoms with E-state index in [4.69, 9.17) is 9.84 Å². The number of rotatable bonds is 5. The third kappa shape index (κ3) is 5.78. The molecular formula is C14H19N3O5. The fraction of sp³-hybridized carbons (Fsp3) is 0.429. The summed E-state index contributed by atoms with van der Waals surface area (Å²) in [4.78, 5) is 38.0. The summed E-state index contributed by atoms with van der Waals surface area (Å²) in [6.07, 6.45) is 0.742. The van der Waals surface area contributed by atoms with E-state index in [1.807, 2.05) is 0 Å². The van der Waals surface area contributed by atoms with E-state index in [1.54, 1.807) is 20.8 Å². The van der Waals surface area contributed by atoms with Crippen molar-refractivity contribution in [2.75, 3.05) is 13.1 Å². The van der Waals surface area contributed by atoms with E-state index in [-0.39, 0.29) is 24.3 Å². The predicted molar refractivity (Wildman–Crippen MR) is 77.8 cm³/mol. The maximum Gasteiger partial charge on any atom is 0.407 e. The topological polar surface area (TPSA) is 118 Å². The van der Waals surface area contributed by atoms with Gasteiger partial charge >= 0.3 is 12.1 Å². The summed E-state index contributed by atoms with van der Waals surface area (Å²) in [5.74, 6) is -1.85. The van der Waals surface area contributed by atoms with Crippen molar-refractivity contribution in [1.82, 2.24) is 15.6 Å². The van der Waals surface area contributed by atoms with Crippen molar-refractivity contribution in [3.8, 4) is 0 Å². The number of aromatic carboxylic acids is 1. The first-order valence-corrected chi connectivity index (χ1v) is 6.64. The number of aromatic nitrogens is 1. The molecule has 3 N–H and O–H groups in total. The minimum atomic E-state index is -1.23. The molecule has 0 saturated heterocycles. The lowest BCUT2D eigenvalue weighted by Crippen LogP contribution is -2.38. The van der Waals surface area contributed by atoms with Gasteiger partial charge in [-0.25, -0.2) is 9.59 Å². The molecule has 120 valence electrons. The van der Waals surface area contributed by atoms with Gasteiger partial charge in [0.2, 0.25) is 0 Å². The van der Waals surface area contributed by atoms with Crippen molar-refractivity contribution in [2.24, 2.45) is 0 Å². The van der Waals surface area contributed by atoms with Crippen molar-refractivity contribution >= 4 is 18.0 Å². The summed E-state index contributed by atoms with van der Waals surface area (Å²) in [5.41, 5.74) is -0.954. The Kier molecular flexibility index (Phi) is 5.85. The quantitative estimate of drug-likeness (QED) is 0.699. The second kappa shape index (κ2) is 7.39. The number of carboxylic acid groups (broad SMARTS) is 1. The number of amides is 2.